The molecule has 0 aliphatic rings. The first-order valence-corrected chi connectivity index (χ1v) is 11.1. The molecule has 0 spiro atoms. The average Bonchev–Trinajstić information content (AvgIpc) is 2.68. The van der Waals surface area contributed by atoms with Crippen LogP contribution < -0.4 is 5.32 Å². The lowest BCUT2D eigenvalue weighted by atomic mass is 10.2. The Hall–Kier alpha value is -1.71. The summed E-state index contributed by atoms with van der Waals surface area (Å²) in [5, 5.41) is 11.9. The number of hydrogen-bond acceptors (Lipinski definition) is 8. The molecule has 0 rings (SSSR count). The topological polar surface area (TPSA) is 120 Å². The molecule has 2 N–H and O–H groups in total. The molecule has 0 aliphatic heterocycles. The van der Waals surface area contributed by atoms with Gasteiger partial charge in [-0.2, -0.15) is 0 Å². The fourth-order valence-electron chi connectivity index (χ4n) is 2.42. The van der Waals surface area contributed by atoms with Crippen LogP contribution in [0.4, 0.5) is 0 Å². The summed E-state index contributed by atoms with van der Waals surface area (Å²) in [7, 11) is 0. The fourth-order valence-corrected chi connectivity index (χ4v) is 2.42. The third-order valence-electron chi connectivity index (χ3n) is 4.13. The number of aliphatic hydroxyl groups excluding tert-OH is 1. The normalized spacial score (nSPS) is 14.4. The third-order valence-corrected chi connectivity index (χ3v) is 4.13. The first-order chi connectivity index (χ1) is 14.5. The van der Waals surface area contributed by atoms with Crippen LogP contribution in [0.1, 0.15) is 80.1 Å². The Morgan fingerprint density at radius 1 is 1.03 bits per heavy atom. The van der Waals surface area contributed by atoms with Gasteiger partial charge in [0.25, 0.3) is 0 Å². The molecule has 0 heterocycles. The van der Waals surface area contributed by atoms with Gasteiger partial charge in [-0.3, -0.25) is 9.59 Å². The molecule has 0 radical (unpaired) electrons. The van der Waals surface area contributed by atoms with Gasteiger partial charge in [-0.15, -0.1) is 0 Å². The smallest absolute Gasteiger partial charge is 0.328 e. The van der Waals surface area contributed by atoms with Gasteiger partial charge in [-0.1, -0.05) is 20.3 Å². The Kier molecular flexibility index (Phi) is 15.1. The van der Waals surface area contributed by atoms with Crippen molar-refractivity contribution >= 4 is 17.8 Å². The SMILES string of the molecule is CCCCOC(=O)[C@H](C)NC(=O)CCCC(=O)OCC(OC(CC)CO)OC(C)(C)C. The van der Waals surface area contributed by atoms with Crippen LogP contribution in [0.3, 0.4) is 0 Å². The van der Waals surface area contributed by atoms with Crippen molar-refractivity contribution in [1.29, 1.82) is 0 Å². The van der Waals surface area contributed by atoms with Crippen molar-refractivity contribution in [3.63, 3.8) is 0 Å². The van der Waals surface area contributed by atoms with Gasteiger partial charge < -0.3 is 29.4 Å². The summed E-state index contributed by atoms with van der Waals surface area (Å²) in [5.41, 5.74) is -0.517. The molecule has 9 nitrogen and oxygen atoms in total. The quantitative estimate of drug-likeness (QED) is 0.210. The average molecular weight is 448 g/mol. The number of esters is 2. The lowest BCUT2D eigenvalue weighted by molar-refractivity contribution is -0.238. The minimum Gasteiger partial charge on any atom is -0.464 e. The van der Waals surface area contributed by atoms with E-state index in [1.54, 1.807) is 6.92 Å². The predicted molar refractivity (Wildman–Crippen MR) is 115 cm³/mol. The highest BCUT2D eigenvalue weighted by Gasteiger charge is 2.24. The van der Waals surface area contributed by atoms with Crippen LogP contribution in [0.15, 0.2) is 0 Å². The molecule has 9 heteroatoms. The number of hydrogen-bond donors (Lipinski definition) is 2. The van der Waals surface area contributed by atoms with E-state index in [0.29, 0.717) is 13.0 Å². The van der Waals surface area contributed by atoms with Crippen LogP contribution in [-0.2, 0) is 33.3 Å². The van der Waals surface area contributed by atoms with Gasteiger partial charge in [0.2, 0.25) is 5.91 Å². The van der Waals surface area contributed by atoms with E-state index in [1.165, 1.54) is 0 Å². The molecule has 0 fully saturated rings. The molecule has 2 unspecified atom stereocenters. The van der Waals surface area contributed by atoms with Crippen molar-refractivity contribution in [2.45, 2.75) is 104 Å². The molecule has 0 aromatic heterocycles. The fraction of sp³-hybridized carbons (Fsp3) is 0.864. The number of nitrogens with one attached hydrogen (secondary N) is 1. The number of rotatable bonds is 16. The van der Waals surface area contributed by atoms with Crippen molar-refractivity contribution in [3.8, 4) is 0 Å². The summed E-state index contributed by atoms with van der Waals surface area (Å²) >= 11 is 0. The lowest BCUT2D eigenvalue weighted by Crippen LogP contribution is -2.39. The zero-order valence-corrected chi connectivity index (χ0v) is 19.9. The summed E-state index contributed by atoms with van der Waals surface area (Å²) in [6.45, 7) is 11.0. The van der Waals surface area contributed by atoms with Crippen LogP contribution in [0.2, 0.25) is 0 Å². The van der Waals surface area contributed by atoms with E-state index in [2.05, 4.69) is 5.32 Å². The molecule has 0 saturated carbocycles. The zero-order valence-electron chi connectivity index (χ0n) is 19.9. The number of ether oxygens (including phenoxy) is 4. The Morgan fingerprint density at radius 2 is 1.71 bits per heavy atom. The van der Waals surface area contributed by atoms with Crippen molar-refractivity contribution < 1.29 is 38.4 Å². The maximum absolute atomic E-state index is 12.0. The van der Waals surface area contributed by atoms with Crippen molar-refractivity contribution in [3.05, 3.63) is 0 Å². The van der Waals surface area contributed by atoms with E-state index in [-0.39, 0.29) is 38.4 Å². The minimum absolute atomic E-state index is 0.0438. The summed E-state index contributed by atoms with van der Waals surface area (Å²) in [5.74, 6) is -1.29. The van der Waals surface area contributed by atoms with Gasteiger partial charge in [-0.25, -0.2) is 4.79 Å². The molecule has 31 heavy (non-hydrogen) atoms. The van der Waals surface area contributed by atoms with Gasteiger partial charge in [-0.05, 0) is 47.0 Å². The molecule has 0 aromatic rings. The summed E-state index contributed by atoms with van der Waals surface area (Å²) in [4.78, 5) is 35.7. The summed E-state index contributed by atoms with van der Waals surface area (Å²) in [6, 6.07) is -0.734. The number of amides is 1. The number of unbranched alkanes of at least 4 members (excludes halogenated alkanes) is 1. The monoisotopic (exact) mass is 447 g/mol. The van der Waals surface area contributed by atoms with E-state index < -0.39 is 36.0 Å². The highest BCUT2D eigenvalue weighted by atomic mass is 16.7. The van der Waals surface area contributed by atoms with Crippen molar-refractivity contribution in [1.82, 2.24) is 5.32 Å². The molecular formula is C22H41NO8. The van der Waals surface area contributed by atoms with Crippen LogP contribution in [0, 0.1) is 0 Å². The molecule has 1 amide bonds. The molecule has 182 valence electrons. The standard InChI is InChI=1S/C22H41NO8/c1-7-9-13-28-21(27)16(3)23-18(25)11-10-12-19(26)29-15-20(31-22(4,5)6)30-17(8-2)14-24/h16-17,20,24H,7-15H2,1-6H3,(H,23,25)/t16-,17?,20?/m0/s1. The van der Waals surface area contributed by atoms with E-state index in [1.807, 2.05) is 34.6 Å². The largest absolute Gasteiger partial charge is 0.464 e. The maximum atomic E-state index is 12.0. The molecule has 0 saturated heterocycles. The van der Waals surface area contributed by atoms with Crippen molar-refractivity contribution in [2.75, 3.05) is 19.8 Å². The molecule has 0 aromatic carbocycles. The van der Waals surface area contributed by atoms with Crippen LogP contribution >= 0.6 is 0 Å². The third kappa shape index (κ3) is 15.7. The van der Waals surface area contributed by atoms with Gasteiger partial charge in [0.1, 0.15) is 12.6 Å². The zero-order chi connectivity index (χ0) is 23.9. The number of aliphatic hydroxyl groups is 1. The van der Waals surface area contributed by atoms with E-state index >= 15 is 0 Å². The van der Waals surface area contributed by atoms with Gasteiger partial charge in [0.05, 0.1) is 24.9 Å². The Bertz CT molecular complexity index is 528. The van der Waals surface area contributed by atoms with Gasteiger partial charge in [0, 0.05) is 12.8 Å². The summed E-state index contributed by atoms with van der Waals surface area (Å²) in [6.07, 6.45) is 1.48. The molecular weight excluding hydrogens is 406 g/mol. The van der Waals surface area contributed by atoms with Gasteiger partial charge >= 0.3 is 11.9 Å². The molecule has 3 atom stereocenters. The van der Waals surface area contributed by atoms with Gasteiger partial charge in [0.15, 0.2) is 6.29 Å². The van der Waals surface area contributed by atoms with Crippen LogP contribution in [0.5, 0.6) is 0 Å². The van der Waals surface area contributed by atoms with E-state index in [0.717, 1.165) is 12.8 Å². The van der Waals surface area contributed by atoms with Crippen LogP contribution in [-0.4, -0.2) is 66.8 Å². The second-order valence-corrected chi connectivity index (χ2v) is 8.36. The first-order valence-electron chi connectivity index (χ1n) is 11.1. The summed E-state index contributed by atoms with van der Waals surface area (Å²) < 4.78 is 21.7. The number of carbonyl (C=O) groups is 3. The van der Waals surface area contributed by atoms with Crippen molar-refractivity contribution in [2.24, 2.45) is 0 Å². The predicted octanol–water partition coefficient (Wildman–Crippen LogP) is 2.48. The second-order valence-electron chi connectivity index (χ2n) is 8.36. The van der Waals surface area contributed by atoms with E-state index in [9.17, 15) is 19.5 Å². The molecule has 0 bridgehead atoms. The lowest BCUT2D eigenvalue weighted by Gasteiger charge is -2.29. The van der Waals surface area contributed by atoms with E-state index in [4.69, 9.17) is 18.9 Å². The van der Waals surface area contributed by atoms with Crippen LogP contribution in [0.25, 0.3) is 0 Å². The number of carbonyl (C=O) groups excluding carboxylic acids is 3. The first kappa shape index (κ1) is 29.3. The minimum atomic E-state index is -0.802. The maximum Gasteiger partial charge on any atom is 0.328 e. The Morgan fingerprint density at radius 3 is 2.26 bits per heavy atom. The second kappa shape index (κ2) is 16.0. The highest BCUT2D eigenvalue weighted by Crippen LogP contribution is 2.15. The highest BCUT2D eigenvalue weighted by molar-refractivity contribution is 5.84. The molecule has 0 aliphatic carbocycles. The Balaban J connectivity index is 4.28. The Labute approximate surface area is 186 Å².